The van der Waals surface area contributed by atoms with E-state index < -0.39 is 12.1 Å². The maximum atomic E-state index is 12.4. The lowest BCUT2D eigenvalue weighted by Crippen LogP contribution is -2.50. The molecule has 20 heavy (non-hydrogen) atoms. The quantitative estimate of drug-likeness (QED) is 0.856. The Morgan fingerprint density at radius 2 is 2.20 bits per heavy atom. The molecular weight excluding hydrogens is 260 g/mol. The number of carbonyl (C=O) groups excluding carboxylic acids is 1. The number of nitrogens with two attached hydrogens (primary N) is 1. The number of nitrogens with zero attached hydrogens (tertiary/aromatic N) is 1. The first-order chi connectivity index (χ1) is 9.43. The predicted molar refractivity (Wildman–Crippen MR) is 73.6 cm³/mol. The Morgan fingerprint density at radius 1 is 1.50 bits per heavy atom. The van der Waals surface area contributed by atoms with Crippen LogP contribution in [-0.2, 0) is 16.1 Å². The molecule has 6 heteroatoms. The molecule has 0 bridgehead atoms. The van der Waals surface area contributed by atoms with Crippen molar-refractivity contribution in [3.8, 4) is 5.75 Å². The average molecular weight is 278 g/mol. The summed E-state index contributed by atoms with van der Waals surface area (Å²) in [6, 6.07) is 5.24. The van der Waals surface area contributed by atoms with Gasteiger partial charge in [0.2, 0.25) is 0 Å². The molecule has 3 N–H and O–H groups in total. The van der Waals surface area contributed by atoms with Crippen molar-refractivity contribution in [2.75, 3.05) is 11.4 Å². The monoisotopic (exact) mass is 278 g/mol. The standard InChI is InChI=1S/C14H18N2O4/c1-8(2)13-14(19)16(7-12(17)18)10-5-9(6-15)3-4-11(10)20-13/h3-5,8,13H,6-7,15H2,1-2H3,(H,17,18). The SMILES string of the molecule is CC(C)C1Oc2ccc(CN)cc2N(CC(=O)O)C1=O. The molecule has 0 saturated carbocycles. The first kappa shape index (κ1) is 14.3. The van der Waals surface area contributed by atoms with Crippen LogP contribution >= 0.6 is 0 Å². The minimum absolute atomic E-state index is 0.0406. The molecule has 0 fully saturated rings. The first-order valence-electron chi connectivity index (χ1n) is 6.47. The van der Waals surface area contributed by atoms with E-state index in [1.165, 1.54) is 4.90 Å². The number of anilines is 1. The van der Waals surface area contributed by atoms with Gasteiger partial charge >= 0.3 is 5.97 Å². The summed E-state index contributed by atoms with van der Waals surface area (Å²) in [7, 11) is 0. The van der Waals surface area contributed by atoms with Gasteiger partial charge in [0.15, 0.2) is 6.10 Å². The summed E-state index contributed by atoms with van der Waals surface area (Å²) in [4.78, 5) is 24.6. The second-order valence-corrected chi connectivity index (χ2v) is 5.11. The highest BCUT2D eigenvalue weighted by Gasteiger charge is 2.37. The van der Waals surface area contributed by atoms with Crippen molar-refractivity contribution < 1.29 is 19.4 Å². The highest BCUT2D eigenvalue weighted by Crippen LogP contribution is 2.36. The second-order valence-electron chi connectivity index (χ2n) is 5.11. The fourth-order valence-electron chi connectivity index (χ4n) is 2.18. The normalized spacial score (nSPS) is 17.9. The molecule has 1 amide bonds. The molecule has 0 aliphatic carbocycles. The maximum Gasteiger partial charge on any atom is 0.323 e. The molecule has 108 valence electrons. The highest BCUT2D eigenvalue weighted by molar-refractivity contribution is 6.03. The molecular formula is C14H18N2O4. The number of rotatable bonds is 4. The van der Waals surface area contributed by atoms with Crippen molar-refractivity contribution in [3.05, 3.63) is 23.8 Å². The highest BCUT2D eigenvalue weighted by atomic mass is 16.5. The molecule has 1 unspecified atom stereocenters. The predicted octanol–water partition coefficient (Wildman–Crippen LogP) is 0.980. The van der Waals surface area contributed by atoms with Crippen LogP contribution in [0.4, 0.5) is 5.69 Å². The van der Waals surface area contributed by atoms with Crippen molar-refractivity contribution >= 4 is 17.6 Å². The molecule has 2 rings (SSSR count). The van der Waals surface area contributed by atoms with Crippen LogP contribution in [0.3, 0.4) is 0 Å². The number of aliphatic carboxylic acids is 1. The fourth-order valence-corrected chi connectivity index (χ4v) is 2.18. The van der Waals surface area contributed by atoms with E-state index in [0.29, 0.717) is 18.0 Å². The lowest BCUT2D eigenvalue weighted by atomic mass is 10.0. The first-order valence-corrected chi connectivity index (χ1v) is 6.47. The van der Waals surface area contributed by atoms with E-state index >= 15 is 0 Å². The van der Waals surface area contributed by atoms with Gasteiger partial charge in [0, 0.05) is 6.54 Å². The van der Waals surface area contributed by atoms with Gasteiger partial charge in [-0.1, -0.05) is 19.9 Å². The van der Waals surface area contributed by atoms with Gasteiger partial charge in [-0.2, -0.15) is 0 Å². The minimum Gasteiger partial charge on any atom is -0.480 e. The lowest BCUT2D eigenvalue weighted by Gasteiger charge is -2.35. The van der Waals surface area contributed by atoms with Crippen LogP contribution in [0.5, 0.6) is 5.75 Å². The summed E-state index contributed by atoms with van der Waals surface area (Å²) in [6.45, 7) is 3.66. The van der Waals surface area contributed by atoms with Crippen LogP contribution in [0.15, 0.2) is 18.2 Å². The summed E-state index contributed by atoms with van der Waals surface area (Å²) >= 11 is 0. The van der Waals surface area contributed by atoms with Gasteiger partial charge in [0.25, 0.3) is 5.91 Å². The number of hydrogen-bond acceptors (Lipinski definition) is 4. The second kappa shape index (κ2) is 5.50. The summed E-state index contributed by atoms with van der Waals surface area (Å²) in [5.74, 6) is -0.918. The van der Waals surface area contributed by atoms with E-state index in [1.54, 1.807) is 12.1 Å². The summed E-state index contributed by atoms with van der Waals surface area (Å²) in [5, 5.41) is 9.00. The largest absolute Gasteiger partial charge is 0.480 e. The summed E-state index contributed by atoms with van der Waals surface area (Å²) < 4.78 is 5.69. The van der Waals surface area contributed by atoms with E-state index in [1.807, 2.05) is 19.9 Å². The Morgan fingerprint density at radius 3 is 2.75 bits per heavy atom. The number of amides is 1. The van der Waals surface area contributed by atoms with Crippen molar-refractivity contribution in [2.24, 2.45) is 11.7 Å². The molecule has 1 heterocycles. The van der Waals surface area contributed by atoms with E-state index in [0.717, 1.165) is 5.56 Å². The minimum atomic E-state index is -1.06. The molecule has 0 spiro atoms. The smallest absolute Gasteiger partial charge is 0.323 e. The topological polar surface area (TPSA) is 92.9 Å². The molecule has 1 aromatic carbocycles. The van der Waals surface area contributed by atoms with Crippen LogP contribution in [0.25, 0.3) is 0 Å². The summed E-state index contributed by atoms with van der Waals surface area (Å²) in [6.07, 6.45) is -0.662. The van der Waals surface area contributed by atoms with Crippen molar-refractivity contribution in [1.82, 2.24) is 0 Å². The Balaban J connectivity index is 2.47. The Hall–Kier alpha value is -2.08. The molecule has 0 aromatic heterocycles. The van der Waals surface area contributed by atoms with Gasteiger partial charge in [0.1, 0.15) is 12.3 Å². The number of carbonyl (C=O) groups is 2. The molecule has 0 radical (unpaired) electrons. The Kier molecular flexibility index (Phi) is 3.94. The van der Waals surface area contributed by atoms with Crippen molar-refractivity contribution in [2.45, 2.75) is 26.5 Å². The van der Waals surface area contributed by atoms with Gasteiger partial charge in [-0.05, 0) is 23.6 Å². The number of hydrogen-bond donors (Lipinski definition) is 2. The van der Waals surface area contributed by atoms with Gasteiger partial charge in [0.05, 0.1) is 5.69 Å². The fraction of sp³-hybridized carbons (Fsp3) is 0.429. The Bertz CT molecular complexity index is 542. The average Bonchev–Trinajstić information content (AvgIpc) is 2.40. The molecule has 1 aromatic rings. The van der Waals surface area contributed by atoms with Gasteiger partial charge in [-0.3, -0.25) is 14.5 Å². The van der Waals surface area contributed by atoms with E-state index in [4.69, 9.17) is 15.6 Å². The number of carboxylic acids is 1. The van der Waals surface area contributed by atoms with E-state index in [2.05, 4.69) is 0 Å². The lowest BCUT2D eigenvalue weighted by molar-refractivity contribution is -0.138. The van der Waals surface area contributed by atoms with Crippen LogP contribution in [0, 0.1) is 5.92 Å². The van der Waals surface area contributed by atoms with E-state index in [-0.39, 0.29) is 18.4 Å². The number of fused-ring (bicyclic) bond motifs is 1. The Labute approximate surface area is 117 Å². The van der Waals surface area contributed by atoms with Crippen LogP contribution in [0.1, 0.15) is 19.4 Å². The molecule has 1 aliphatic heterocycles. The summed E-state index contributed by atoms with van der Waals surface area (Å²) in [5.41, 5.74) is 6.87. The zero-order valence-corrected chi connectivity index (χ0v) is 11.5. The third-order valence-electron chi connectivity index (χ3n) is 3.21. The van der Waals surface area contributed by atoms with Crippen LogP contribution < -0.4 is 15.4 Å². The number of ether oxygens (including phenoxy) is 1. The molecule has 6 nitrogen and oxygen atoms in total. The van der Waals surface area contributed by atoms with Gasteiger partial charge in [-0.15, -0.1) is 0 Å². The van der Waals surface area contributed by atoms with Gasteiger partial charge < -0.3 is 15.6 Å². The number of carboxylic acid groups (broad SMARTS) is 1. The van der Waals surface area contributed by atoms with Crippen LogP contribution in [0.2, 0.25) is 0 Å². The third kappa shape index (κ3) is 2.60. The van der Waals surface area contributed by atoms with Crippen molar-refractivity contribution in [1.29, 1.82) is 0 Å². The number of benzene rings is 1. The zero-order valence-electron chi connectivity index (χ0n) is 11.5. The molecule has 1 aliphatic rings. The third-order valence-corrected chi connectivity index (χ3v) is 3.21. The zero-order chi connectivity index (χ0) is 14.9. The maximum absolute atomic E-state index is 12.4. The molecule has 0 saturated heterocycles. The molecule has 1 atom stereocenters. The van der Waals surface area contributed by atoms with Crippen molar-refractivity contribution in [3.63, 3.8) is 0 Å². The van der Waals surface area contributed by atoms with E-state index in [9.17, 15) is 9.59 Å². The van der Waals surface area contributed by atoms with Gasteiger partial charge in [-0.25, -0.2) is 0 Å². The van der Waals surface area contributed by atoms with Crippen LogP contribution in [-0.4, -0.2) is 29.6 Å².